The fourth-order valence-corrected chi connectivity index (χ4v) is 6.25. The Morgan fingerprint density at radius 1 is 0.466 bits per heavy atom. The highest BCUT2D eigenvalue weighted by Gasteiger charge is 2.19. The molecule has 0 fully saturated rings. The number of carbonyl (C=O) groups is 5. The first-order chi connectivity index (χ1) is 28.1. The molecular formula is C44H83N9O5. The van der Waals surface area contributed by atoms with E-state index in [0.717, 1.165) is 32.1 Å². The first-order valence-corrected chi connectivity index (χ1v) is 22.3. The molecule has 0 rings (SSSR count). The third-order valence-electron chi connectivity index (χ3n) is 9.72. The average Bonchev–Trinajstić information content (AvgIpc) is 3.22. The minimum Gasteiger partial charge on any atom is -0.355 e. The van der Waals surface area contributed by atoms with Crippen LogP contribution in [-0.4, -0.2) is 122 Å². The molecule has 0 aliphatic rings. The van der Waals surface area contributed by atoms with Gasteiger partial charge in [0.2, 0.25) is 29.5 Å². The average molecular weight is 818 g/mol. The third kappa shape index (κ3) is 28.8. The summed E-state index contributed by atoms with van der Waals surface area (Å²) >= 11 is 0. The second-order valence-electron chi connectivity index (χ2n) is 14.8. The SMILES string of the molecule is CCC=CCCC(=O)N(CCCCN(CCCN(CCCNC(=O)[C@@H](N)CCCN)C(=O)CCC=CCC)C(=O)CCC=CCC)CCCNC(=O)[C@@H](N)CCCN. The van der Waals surface area contributed by atoms with Crippen LogP contribution in [0.2, 0.25) is 0 Å². The van der Waals surface area contributed by atoms with Gasteiger partial charge in [-0.1, -0.05) is 57.2 Å². The van der Waals surface area contributed by atoms with Crippen molar-refractivity contribution >= 4 is 29.5 Å². The Balaban J connectivity index is 5.52. The summed E-state index contributed by atoms with van der Waals surface area (Å²) in [5.74, 6) is -0.206. The van der Waals surface area contributed by atoms with Gasteiger partial charge in [0.1, 0.15) is 0 Å². The van der Waals surface area contributed by atoms with Gasteiger partial charge in [-0.3, -0.25) is 24.0 Å². The molecule has 0 spiro atoms. The normalized spacial score (nSPS) is 12.6. The Bertz CT molecular complexity index is 1200. The first-order valence-electron chi connectivity index (χ1n) is 22.3. The van der Waals surface area contributed by atoms with Crippen LogP contribution in [0.5, 0.6) is 0 Å². The quantitative estimate of drug-likeness (QED) is 0.0393. The molecule has 0 aromatic heterocycles. The highest BCUT2D eigenvalue weighted by Crippen LogP contribution is 2.10. The van der Waals surface area contributed by atoms with Crippen molar-refractivity contribution in [3.63, 3.8) is 0 Å². The van der Waals surface area contributed by atoms with Crippen LogP contribution in [0.1, 0.15) is 136 Å². The molecule has 0 saturated heterocycles. The molecule has 0 bridgehead atoms. The first kappa shape index (κ1) is 54.4. The lowest BCUT2D eigenvalue weighted by molar-refractivity contribution is -0.133. The monoisotopic (exact) mass is 818 g/mol. The van der Waals surface area contributed by atoms with Gasteiger partial charge in [0.25, 0.3) is 0 Å². The standard InChI is InChI=1S/C44H83N9O5/c1-4-7-10-13-25-40(54)51(34-20-30-49-43(57)38(47)23-18-28-45)32-16-17-33-52(41(55)26-14-11-8-5-2)36-22-37-53(42(56)27-15-12-9-6-3)35-21-31-50-44(58)39(48)24-19-29-46/h7-12,38-39H,4-6,13-37,45-48H2,1-3H3,(H,49,57)(H,50,58)/t38-,39-/m0/s1. The molecule has 14 nitrogen and oxygen atoms in total. The van der Waals surface area contributed by atoms with Crippen molar-refractivity contribution < 1.29 is 24.0 Å². The van der Waals surface area contributed by atoms with Crippen LogP contribution >= 0.6 is 0 Å². The summed E-state index contributed by atoms with van der Waals surface area (Å²) in [6.45, 7) is 11.1. The maximum absolute atomic E-state index is 13.5. The summed E-state index contributed by atoms with van der Waals surface area (Å²) in [6, 6.07) is -1.19. The van der Waals surface area contributed by atoms with Crippen molar-refractivity contribution in [3.05, 3.63) is 36.5 Å². The van der Waals surface area contributed by atoms with Gasteiger partial charge in [-0.05, 0) is 109 Å². The predicted octanol–water partition coefficient (Wildman–Crippen LogP) is 4.03. The summed E-state index contributed by atoms with van der Waals surface area (Å²) in [7, 11) is 0. The van der Waals surface area contributed by atoms with Gasteiger partial charge in [-0.25, -0.2) is 0 Å². The Kier molecular flexibility index (Phi) is 35.3. The Hall–Kier alpha value is -3.59. The number of hydrogen-bond donors (Lipinski definition) is 6. The number of unbranched alkanes of at least 4 members (excludes halogenated alkanes) is 1. The van der Waals surface area contributed by atoms with E-state index in [0.29, 0.717) is 149 Å². The molecule has 0 saturated carbocycles. The molecule has 2 atom stereocenters. The van der Waals surface area contributed by atoms with E-state index in [2.05, 4.69) is 49.6 Å². The highest BCUT2D eigenvalue weighted by molar-refractivity contribution is 5.82. The zero-order valence-electron chi connectivity index (χ0n) is 36.6. The fourth-order valence-electron chi connectivity index (χ4n) is 6.25. The number of nitrogens with zero attached hydrogens (tertiary/aromatic N) is 3. The minimum absolute atomic E-state index is 0.0539. The van der Waals surface area contributed by atoms with Crippen molar-refractivity contribution in [2.75, 3.05) is 65.4 Å². The van der Waals surface area contributed by atoms with E-state index in [4.69, 9.17) is 22.9 Å². The number of rotatable bonds is 37. The molecule has 58 heavy (non-hydrogen) atoms. The van der Waals surface area contributed by atoms with Crippen molar-refractivity contribution in [3.8, 4) is 0 Å². The number of nitrogens with one attached hydrogen (secondary N) is 2. The van der Waals surface area contributed by atoms with Crippen molar-refractivity contribution in [1.82, 2.24) is 25.3 Å². The van der Waals surface area contributed by atoms with Gasteiger partial charge in [0.05, 0.1) is 12.1 Å². The van der Waals surface area contributed by atoms with Crippen LogP contribution in [0, 0.1) is 0 Å². The summed E-state index contributed by atoms with van der Waals surface area (Å²) in [5, 5.41) is 5.77. The molecule has 0 unspecified atom stereocenters. The minimum atomic E-state index is -0.597. The molecule has 0 aliphatic heterocycles. The van der Waals surface area contributed by atoms with E-state index in [-0.39, 0.29) is 29.5 Å². The Labute approximate surface area is 351 Å². The van der Waals surface area contributed by atoms with Crippen LogP contribution in [0.4, 0.5) is 0 Å². The molecular weight excluding hydrogens is 735 g/mol. The van der Waals surface area contributed by atoms with Gasteiger partial charge in [-0.15, -0.1) is 0 Å². The van der Waals surface area contributed by atoms with Crippen LogP contribution in [0.15, 0.2) is 36.5 Å². The summed E-state index contributed by atoms with van der Waals surface area (Å²) < 4.78 is 0. The topological polar surface area (TPSA) is 223 Å². The van der Waals surface area contributed by atoms with Gasteiger partial charge in [0, 0.05) is 71.6 Å². The Morgan fingerprint density at radius 3 is 1.09 bits per heavy atom. The van der Waals surface area contributed by atoms with E-state index >= 15 is 0 Å². The van der Waals surface area contributed by atoms with Gasteiger partial charge < -0.3 is 48.3 Å². The van der Waals surface area contributed by atoms with Crippen molar-refractivity contribution in [2.45, 2.75) is 148 Å². The molecule has 0 aromatic rings. The zero-order chi connectivity index (χ0) is 43.2. The van der Waals surface area contributed by atoms with E-state index in [1.165, 1.54) is 0 Å². The van der Waals surface area contributed by atoms with Crippen molar-refractivity contribution in [2.24, 2.45) is 22.9 Å². The molecule has 0 heterocycles. The number of hydrogen-bond acceptors (Lipinski definition) is 9. The third-order valence-corrected chi connectivity index (χ3v) is 9.72. The molecule has 334 valence electrons. The van der Waals surface area contributed by atoms with Gasteiger partial charge in [-0.2, -0.15) is 0 Å². The lowest BCUT2D eigenvalue weighted by Gasteiger charge is -2.27. The van der Waals surface area contributed by atoms with E-state index in [1.54, 1.807) is 0 Å². The lowest BCUT2D eigenvalue weighted by atomic mass is 10.1. The van der Waals surface area contributed by atoms with E-state index < -0.39 is 12.1 Å². The number of carbonyl (C=O) groups excluding carboxylic acids is 5. The van der Waals surface area contributed by atoms with E-state index in [1.807, 2.05) is 32.9 Å². The van der Waals surface area contributed by atoms with Crippen LogP contribution in [0.3, 0.4) is 0 Å². The lowest BCUT2D eigenvalue weighted by Crippen LogP contribution is -2.42. The molecule has 10 N–H and O–H groups in total. The summed E-state index contributed by atoms with van der Waals surface area (Å²) in [5.41, 5.74) is 23.0. The van der Waals surface area contributed by atoms with E-state index in [9.17, 15) is 24.0 Å². The molecule has 0 aromatic carbocycles. The molecule has 14 heteroatoms. The van der Waals surface area contributed by atoms with Crippen LogP contribution < -0.4 is 33.6 Å². The summed E-state index contributed by atoms with van der Waals surface area (Å²) in [6.07, 6.45) is 24.0. The zero-order valence-corrected chi connectivity index (χ0v) is 36.6. The van der Waals surface area contributed by atoms with Gasteiger partial charge in [0.15, 0.2) is 0 Å². The van der Waals surface area contributed by atoms with Crippen molar-refractivity contribution in [1.29, 1.82) is 0 Å². The second-order valence-corrected chi connectivity index (χ2v) is 14.8. The van der Waals surface area contributed by atoms with Crippen LogP contribution in [0.25, 0.3) is 0 Å². The number of allylic oxidation sites excluding steroid dienone is 6. The molecule has 0 aliphatic carbocycles. The Morgan fingerprint density at radius 2 is 0.776 bits per heavy atom. The molecule has 0 radical (unpaired) electrons. The molecule has 5 amide bonds. The maximum atomic E-state index is 13.5. The largest absolute Gasteiger partial charge is 0.355 e. The van der Waals surface area contributed by atoms with Gasteiger partial charge >= 0.3 is 0 Å². The summed E-state index contributed by atoms with van der Waals surface area (Å²) in [4.78, 5) is 70.4. The number of amides is 5. The fraction of sp³-hybridized carbons (Fsp3) is 0.750. The maximum Gasteiger partial charge on any atom is 0.236 e. The van der Waals surface area contributed by atoms with Crippen LogP contribution in [-0.2, 0) is 24.0 Å². The second kappa shape index (κ2) is 37.7. The predicted molar refractivity (Wildman–Crippen MR) is 237 cm³/mol. The number of nitrogens with two attached hydrogens (primary N) is 4. The smallest absolute Gasteiger partial charge is 0.236 e. The highest BCUT2D eigenvalue weighted by atomic mass is 16.2.